The second-order valence-electron chi connectivity index (χ2n) is 10.4. The van der Waals surface area contributed by atoms with Crippen LogP contribution in [0.1, 0.15) is 55.2 Å². The van der Waals surface area contributed by atoms with E-state index in [1.165, 1.54) is 11.0 Å². The van der Waals surface area contributed by atoms with E-state index < -0.39 is 17.8 Å². The van der Waals surface area contributed by atoms with Crippen molar-refractivity contribution in [1.29, 1.82) is 0 Å². The summed E-state index contributed by atoms with van der Waals surface area (Å²) in [5, 5.41) is 10.8. The predicted octanol–water partition coefficient (Wildman–Crippen LogP) is 1.26. The SMILES string of the molecule is CC(C)(C)n1cc(CN2CCN(c3cc4c(cc3F)C(=O)N(C3CCC(=O)NC3=O)C4)CC2)nn1. The van der Waals surface area contributed by atoms with Gasteiger partial charge in [0.2, 0.25) is 11.8 Å². The zero-order chi connectivity index (χ0) is 24.9. The molecule has 0 aliphatic carbocycles. The molecular weight excluding hydrogens is 453 g/mol. The Kier molecular flexibility index (Phi) is 5.82. The summed E-state index contributed by atoms with van der Waals surface area (Å²) in [6.07, 6.45) is 2.44. The maximum Gasteiger partial charge on any atom is 0.255 e. The minimum absolute atomic E-state index is 0.121. The van der Waals surface area contributed by atoms with Gasteiger partial charge in [0, 0.05) is 51.3 Å². The lowest BCUT2D eigenvalue weighted by Crippen LogP contribution is -2.52. The molecule has 0 radical (unpaired) electrons. The van der Waals surface area contributed by atoms with Crippen LogP contribution in [0.3, 0.4) is 0 Å². The van der Waals surface area contributed by atoms with Crippen LogP contribution in [0.2, 0.25) is 0 Å². The molecule has 3 aliphatic heterocycles. The van der Waals surface area contributed by atoms with E-state index in [1.807, 2.05) is 15.8 Å². The van der Waals surface area contributed by atoms with Gasteiger partial charge in [0.25, 0.3) is 5.91 Å². The second-order valence-corrected chi connectivity index (χ2v) is 10.4. The van der Waals surface area contributed by atoms with E-state index in [0.29, 0.717) is 30.9 Å². The number of hydrogen-bond donors (Lipinski definition) is 1. The van der Waals surface area contributed by atoms with Gasteiger partial charge >= 0.3 is 0 Å². The zero-order valence-electron chi connectivity index (χ0n) is 20.3. The number of aromatic nitrogens is 3. The van der Waals surface area contributed by atoms with Gasteiger partial charge in [-0.15, -0.1) is 5.10 Å². The fourth-order valence-electron chi connectivity index (χ4n) is 4.89. The Morgan fingerprint density at radius 3 is 2.51 bits per heavy atom. The molecule has 11 heteroatoms. The topological polar surface area (TPSA) is 104 Å². The Bertz CT molecular complexity index is 1180. The van der Waals surface area contributed by atoms with Crippen LogP contribution in [0.15, 0.2) is 18.3 Å². The van der Waals surface area contributed by atoms with E-state index in [1.54, 1.807) is 6.07 Å². The molecule has 0 saturated carbocycles. The average molecular weight is 484 g/mol. The summed E-state index contributed by atoms with van der Waals surface area (Å²) in [5.41, 5.74) is 2.25. The van der Waals surface area contributed by atoms with E-state index in [4.69, 9.17) is 0 Å². The molecule has 5 rings (SSSR count). The summed E-state index contributed by atoms with van der Waals surface area (Å²) >= 11 is 0. The van der Waals surface area contributed by atoms with Crippen LogP contribution in [-0.2, 0) is 28.2 Å². The van der Waals surface area contributed by atoms with E-state index in [-0.39, 0.29) is 42.3 Å². The normalized spacial score (nSPS) is 21.5. The molecule has 1 aromatic carbocycles. The van der Waals surface area contributed by atoms with Crippen molar-refractivity contribution in [3.8, 4) is 0 Å². The monoisotopic (exact) mass is 483 g/mol. The van der Waals surface area contributed by atoms with Gasteiger partial charge in [0.05, 0.1) is 23.1 Å². The second kappa shape index (κ2) is 8.71. The summed E-state index contributed by atoms with van der Waals surface area (Å²) in [5.74, 6) is -1.61. The van der Waals surface area contributed by atoms with Crippen LogP contribution in [0.25, 0.3) is 0 Å². The lowest BCUT2D eigenvalue weighted by molar-refractivity contribution is -0.136. The largest absolute Gasteiger partial charge is 0.367 e. The van der Waals surface area contributed by atoms with E-state index >= 15 is 4.39 Å². The van der Waals surface area contributed by atoms with Gasteiger partial charge in [-0.05, 0) is 44.9 Å². The first-order valence-corrected chi connectivity index (χ1v) is 12.0. The highest BCUT2D eigenvalue weighted by Gasteiger charge is 2.40. The average Bonchev–Trinajstić information content (AvgIpc) is 3.39. The number of anilines is 1. The van der Waals surface area contributed by atoms with E-state index in [9.17, 15) is 14.4 Å². The highest BCUT2D eigenvalue weighted by molar-refractivity contribution is 6.05. The van der Waals surface area contributed by atoms with Crippen LogP contribution >= 0.6 is 0 Å². The number of piperidine rings is 1. The third-order valence-corrected chi connectivity index (χ3v) is 6.92. The molecule has 1 aromatic heterocycles. The van der Waals surface area contributed by atoms with Gasteiger partial charge < -0.3 is 9.80 Å². The number of halogens is 1. The van der Waals surface area contributed by atoms with Crippen molar-refractivity contribution >= 4 is 23.4 Å². The zero-order valence-corrected chi connectivity index (χ0v) is 20.3. The van der Waals surface area contributed by atoms with Gasteiger partial charge in [0.15, 0.2) is 0 Å². The van der Waals surface area contributed by atoms with Gasteiger partial charge in [0.1, 0.15) is 11.9 Å². The van der Waals surface area contributed by atoms with Gasteiger partial charge in [-0.1, -0.05) is 5.21 Å². The van der Waals surface area contributed by atoms with Crippen molar-refractivity contribution in [3.63, 3.8) is 0 Å². The lowest BCUT2D eigenvalue weighted by atomic mass is 10.0. The van der Waals surface area contributed by atoms with Crippen molar-refractivity contribution in [3.05, 3.63) is 41.0 Å². The molecule has 2 aromatic rings. The third kappa shape index (κ3) is 4.52. The molecule has 3 aliphatic rings. The molecule has 2 fully saturated rings. The standard InChI is InChI=1S/C24H30FN7O3/c1-24(2,3)32-14-16(27-28-32)13-29-6-8-30(9-7-29)20-10-15-12-31(23(35)17(15)11-18(20)25)19-4-5-21(33)26-22(19)34/h10-11,14,19H,4-9,12-13H2,1-3H3,(H,26,33,34). The van der Waals surface area contributed by atoms with Gasteiger partial charge in [-0.2, -0.15) is 0 Å². The lowest BCUT2D eigenvalue weighted by Gasteiger charge is -2.36. The highest BCUT2D eigenvalue weighted by atomic mass is 19.1. The number of carbonyl (C=O) groups is 3. The smallest absolute Gasteiger partial charge is 0.255 e. The van der Waals surface area contributed by atoms with Crippen LogP contribution in [0.5, 0.6) is 0 Å². The third-order valence-electron chi connectivity index (χ3n) is 6.92. The molecular formula is C24H30FN7O3. The summed E-state index contributed by atoms with van der Waals surface area (Å²) in [4.78, 5) is 42.3. The van der Waals surface area contributed by atoms with Crippen molar-refractivity contribution in [2.75, 3.05) is 31.1 Å². The van der Waals surface area contributed by atoms with Crippen LogP contribution in [0.4, 0.5) is 10.1 Å². The Hall–Kier alpha value is -3.34. The number of nitrogens with zero attached hydrogens (tertiary/aromatic N) is 6. The molecule has 35 heavy (non-hydrogen) atoms. The number of fused-ring (bicyclic) bond motifs is 1. The number of benzene rings is 1. The highest BCUT2D eigenvalue weighted by Crippen LogP contribution is 2.33. The fourth-order valence-corrected chi connectivity index (χ4v) is 4.89. The number of piperazine rings is 1. The van der Waals surface area contributed by atoms with Crippen molar-refractivity contribution in [2.45, 2.75) is 58.3 Å². The summed E-state index contributed by atoms with van der Waals surface area (Å²) in [6.45, 7) is 9.94. The summed E-state index contributed by atoms with van der Waals surface area (Å²) in [7, 11) is 0. The fraction of sp³-hybridized carbons (Fsp3) is 0.542. The van der Waals surface area contributed by atoms with Gasteiger partial charge in [-0.25, -0.2) is 9.07 Å². The molecule has 186 valence electrons. The van der Waals surface area contributed by atoms with Crippen LogP contribution < -0.4 is 10.2 Å². The summed E-state index contributed by atoms with van der Waals surface area (Å²) < 4.78 is 16.9. The predicted molar refractivity (Wildman–Crippen MR) is 125 cm³/mol. The molecule has 10 nitrogen and oxygen atoms in total. The maximum atomic E-state index is 15.1. The molecule has 2 saturated heterocycles. The molecule has 1 atom stereocenters. The summed E-state index contributed by atoms with van der Waals surface area (Å²) in [6, 6.07) is 2.31. The van der Waals surface area contributed by atoms with Crippen LogP contribution in [-0.4, -0.2) is 74.7 Å². The first-order valence-electron chi connectivity index (χ1n) is 12.0. The first kappa shape index (κ1) is 23.4. The van der Waals surface area contributed by atoms with Crippen molar-refractivity contribution in [1.82, 2.24) is 30.1 Å². The number of nitrogens with one attached hydrogen (secondary N) is 1. The number of amides is 3. The molecule has 1 N–H and O–H groups in total. The number of carbonyl (C=O) groups excluding carboxylic acids is 3. The first-order chi connectivity index (χ1) is 16.6. The molecule has 1 unspecified atom stereocenters. The van der Waals surface area contributed by atoms with E-state index in [0.717, 1.165) is 18.8 Å². The molecule has 3 amide bonds. The van der Waals surface area contributed by atoms with E-state index in [2.05, 4.69) is 41.3 Å². The quantitative estimate of drug-likeness (QED) is 0.653. The number of hydrogen-bond acceptors (Lipinski definition) is 7. The Labute approximate surface area is 203 Å². The van der Waals surface area contributed by atoms with Crippen molar-refractivity contribution < 1.29 is 18.8 Å². The molecule has 0 spiro atoms. The minimum atomic E-state index is -0.709. The van der Waals surface area contributed by atoms with Crippen LogP contribution in [0, 0.1) is 5.82 Å². The van der Waals surface area contributed by atoms with Gasteiger partial charge in [-0.3, -0.25) is 24.6 Å². The Morgan fingerprint density at radius 1 is 1.11 bits per heavy atom. The van der Waals surface area contributed by atoms with Crippen molar-refractivity contribution in [2.24, 2.45) is 0 Å². The number of imide groups is 1. The molecule has 4 heterocycles. The minimum Gasteiger partial charge on any atom is -0.367 e. The maximum absolute atomic E-state index is 15.1. The Morgan fingerprint density at radius 2 is 1.86 bits per heavy atom. The Balaban J connectivity index is 1.24. The number of rotatable bonds is 4. The molecule has 0 bridgehead atoms.